The summed E-state index contributed by atoms with van der Waals surface area (Å²) in [5, 5.41) is 11.0. The molecule has 0 amide bonds. The van der Waals surface area contributed by atoms with E-state index < -0.39 is 37.3 Å². The first-order valence-corrected chi connectivity index (χ1v) is 9.71. The number of aromatic nitrogens is 1. The van der Waals surface area contributed by atoms with E-state index in [1.165, 1.54) is 12.3 Å². The van der Waals surface area contributed by atoms with Gasteiger partial charge in [-0.2, -0.15) is 26.3 Å². The Kier molecular flexibility index (Phi) is 6.18. The van der Waals surface area contributed by atoms with Gasteiger partial charge in [0.15, 0.2) is 0 Å². The van der Waals surface area contributed by atoms with Crippen LogP contribution in [0.3, 0.4) is 0 Å². The van der Waals surface area contributed by atoms with Crippen molar-refractivity contribution in [1.82, 2.24) is 4.57 Å². The number of halogens is 6. The zero-order valence-corrected chi connectivity index (χ0v) is 17.3. The predicted octanol–water partition coefficient (Wildman–Crippen LogP) is 5.16. The van der Waals surface area contributed by atoms with Crippen LogP contribution < -0.4 is 11.5 Å². The molecule has 0 aliphatic rings. The van der Waals surface area contributed by atoms with Gasteiger partial charge in [-0.15, -0.1) is 0 Å². The van der Waals surface area contributed by atoms with Gasteiger partial charge >= 0.3 is 12.4 Å². The van der Waals surface area contributed by atoms with Gasteiger partial charge in [-0.05, 0) is 23.8 Å². The Labute approximate surface area is 184 Å². The number of hydrogen-bond acceptors (Lipinski definition) is 3. The molecule has 0 spiro atoms. The van der Waals surface area contributed by atoms with E-state index in [-0.39, 0.29) is 16.2 Å². The molecule has 0 aliphatic heterocycles. The molecule has 0 saturated carbocycles. The molecule has 4 nitrogen and oxygen atoms in total. The molecule has 32 heavy (non-hydrogen) atoms. The van der Waals surface area contributed by atoms with Gasteiger partial charge < -0.3 is 21.1 Å². The Hall–Kier alpha value is -2.79. The summed E-state index contributed by atoms with van der Waals surface area (Å²) in [5.41, 5.74) is 10.6. The van der Waals surface area contributed by atoms with Gasteiger partial charge in [0.05, 0.1) is 30.5 Å². The molecule has 5 N–H and O–H groups in total. The summed E-state index contributed by atoms with van der Waals surface area (Å²) in [7, 11) is 0. The van der Waals surface area contributed by atoms with Gasteiger partial charge in [-0.1, -0.05) is 36.5 Å². The fourth-order valence-electron chi connectivity index (χ4n) is 3.75. The van der Waals surface area contributed by atoms with Crippen molar-refractivity contribution in [3.63, 3.8) is 0 Å². The van der Waals surface area contributed by atoms with Crippen molar-refractivity contribution < 1.29 is 31.4 Å². The van der Waals surface area contributed by atoms with Gasteiger partial charge in [0, 0.05) is 28.4 Å². The number of alkyl halides is 6. The van der Waals surface area contributed by atoms with Crippen LogP contribution in [0.5, 0.6) is 0 Å². The number of thiocarbonyl (C=S) groups is 1. The molecule has 0 fully saturated rings. The number of hydrogen-bond donors (Lipinski definition) is 3. The summed E-state index contributed by atoms with van der Waals surface area (Å²) in [6.45, 7) is -0.943. The molecule has 0 unspecified atom stereocenters. The highest BCUT2D eigenvalue weighted by molar-refractivity contribution is 7.80. The molecule has 0 radical (unpaired) electrons. The smallest absolute Gasteiger partial charge is 0.391 e. The van der Waals surface area contributed by atoms with E-state index in [9.17, 15) is 31.4 Å². The number of aliphatic hydroxyl groups is 1. The maximum atomic E-state index is 13.0. The monoisotopic (exact) mass is 475 g/mol. The fourth-order valence-corrected chi connectivity index (χ4v) is 3.87. The lowest BCUT2D eigenvalue weighted by molar-refractivity contribution is -0.219. The van der Waals surface area contributed by atoms with Crippen molar-refractivity contribution in [3.8, 4) is 11.1 Å². The van der Waals surface area contributed by atoms with E-state index in [1.54, 1.807) is 36.4 Å². The van der Waals surface area contributed by atoms with Crippen molar-refractivity contribution in [1.29, 1.82) is 0 Å². The highest BCUT2D eigenvalue weighted by atomic mass is 32.1. The van der Waals surface area contributed by atoms with E-state index in [0.717, 1.165) is 4.57 Å². The number of rotatable bonds is 6. The summed E-state index contributed by atoms with van der Waals surface area (Å²) in [4.78, 5) is 0.129. The third kappa shape index (κ3) is 5.71. The number of fused-ring (bicyclic) bond motifs is 1. The van der Waals surface area contributed by atoms with Crippen LogP contribution in [0.25, 0.3) is 22.0 Å². The predicted molar refractivity (Wildman–Crippen MR) is 114 cm³/mol. The lowest BCUT2D eigenvalue weighted by atomic mass is 9.94. The summed E-state index contributed by atoms with van der Waals surface area (Å²) in [5.74, 6) is 0. The average Bonchev–Trinajstić information content (AvgIpc) is 2.95. The van der Waals surface area contributed by atoms with Crippen molar-refractivity contribution in [2.75, 3.05) is 5.73 Å². The third-order valence-electron chi connectivity index (χ3n) is 4.89. The van der Waals surface area contributed by atoms with Crippen molar-refractivity contribution in [2.24, 2.45) is 5.73 Å². The van der Waals surface area contributed by atoms with Crippen LogP contribution in [-0.4, -0.2) is 32.6 Å². The van der Waals surface area contributed by atoms with E-state index in [1.807, 2.05) is 0 Å². The van der Waals surface area contributed by atoms with E-state index in [2.05, 4.69) is 0 Å². The summed E-state index contributed by atoms with van der Waals surface area (Å²) < 4.78 is 79.3. The van der Waals surface area contributed by atoms with E-state index in [4.69, 9.17) is 23.7 Å². The van der Waals surface area contributed by atoms with Crippen LogP contribution >= 0.6 is 12.2 Å². The topological polar surface area (TPSA) is 77.2 Å². The van der Waals surface area contributed by atoms with Gasteiger partial charge in [-0.25, -0.2) is 0 Å². The maximum Gasteiger partial charge on any atom is 0.391 e. The largest absolute Gasteiger partial charge is 0.399 e. The average molecular weight is 475 g/mol. The molecule has 0 bridgehead atoms. The lowest BCUT2D eigenvalue weighted by Gasteiger charge is -2.30. The molecule has 1 heterocycles. The first-order valence-electron chi connectivity index (χ1n) is 9.30. The molecular formula is C21H19F6N3OS. The van der Waals surface area contributed by atoms with Crippen LogP contribution in [0.2, 0.25) is 0 Å². The minimum Gasteiger partial charge on any atom is -0.399 e. The van der Waals surface area contributed by atoms with E-state index in [0.29, 0.717) is 22.1 Å². The normalized spacial score (nSPS) is 13.0. The van der Waals surface area contributed by atoms with Crippen LogP contribution in [0, 0.1) is 0 Å². The number of nitrogen functional groups attached to an aromatic ring is 1. The van der Waals surface area contributed by atoms with Gasteiger partial charge in [0.25, 0.3) is 0 Å². The molecule has 2 aromatic carbocycles. The Morgan fingerprint density at radius 3 is 2.16 bits per heavy atom. The third-order valence-corrected chi connectivity index (χ3v) is 5.12. The zero-order valence-electron chi connectivity index (χ0n) is 16.5. The second kappa shape index (κ2) is 8.28. The van der Waals surface area contributed by atoms with Crippen molar-refractivity contribution >= 4 is 33.8 Å². The highest BCUT2D eigenvalue weighted by Gasteiger charge is 2.48. The summed E-state index contributed by atoms with van der Waals surface area (Å²) in [6, 6.07) is 11.3. The molecule has 0 atom stereocenters. The zero-order chi connectivity index (χ0) is 23.9. The Morgan fingerprint density at radius 2 is 1.59 bits per heavy atom. The summed E-state index contributed by atoms with van der Waals surface area (Å²) in [6.07, 6.45) is -12.7. The minimum atomic E-state index is -5.00. The molecule has 0 aliphatic carbocycles. The van der Waals surface area contributed by atoms with Gasteiger partial charge in [-0.3, -0.25) is 0 Å². The number of anilines is 1. The molecule has 172 valence electrons. The second-order valence-corrected chi connectivity index (χ2v) is 8.14. The first kappa shape index (κ1) is 23.9. The van der Waals surface area contributed by atoms with E-state index >= 15 is 0 Å². The second-order valence-electron chi connectivity index (χ2n) is 7.70. The van der Waals surface area contributed by atoms with Gasteiger partial charge in [0.2, 0.25) is 0 Å². The SMILES string of the molecule is NC(=S)c1cccc(-c2cn(CC(O)(CC(F)(F)F)CC(F)(F)F)c3cc(N)ccc23)c1. The lowest BCUT2D eigenvalue weighted by Crippen LogP contribution is -2.42. The van der Waals surface area contributed by atoms with Crippen molar-refractivity contribution in [3.05, 3.63) is 54.2 Å². The molecular weight excluding hydrogens is 456 g/mol. The Balaban J connectivity index is 2.15. The molecule has 3 rings (SSSR count). The quantitative estimate of drug-likeness (QED) is 0.262. The molecule has 11 heteroatoms. The molecule has 0 saturated heterocycles. The Morgan fingerprint density at radius 1 is 0.969 bits per heavy atom. The fraction of sp³-hybridized carbons (Fsp3) is 0.286. The van der Waals surface area contributed by atoms with Crippen LogP contribution in [0.15, 0.2) is 48.7 Å². The minimum absolute atomic E-state index is 0.129. The summed E-state index contributed by atoms with van der Waals surface area (Å²) >= 11 is 4.97. The molecule has 1 aromatic heterocycles. The van der Waals surface area contributed by atoms with Crippen molar-refractivity contribution in [2.45, 2.75) is 37.3 Å². The maximum absolute atomic E-state index is 13.0. The van der Waals surface area contributed by atoms with Crippen LogP contribution in [-0.2, 0) is 6.54 Å². The van der Waals surface area contributed by atoms with Crippen LogP contribution in [0.1, 0.15) is 18.4 Å². The standard InChI is InChI=1S/C21H19F6N3OS/c22-20(23,24)9-19(31,10-21(25,26)27)11-30-8-16(15-5-4-14(28)7-17(15)30)12-2-1-3-13(6-12)18(29)32/h1-8,31H,9-11,28H2,(H2,29,32). The highest BCUT2D eigenvalue weighted by Crippen LogP contribution is 2.39. The van der Waals surface area contributed by atoms with Crippen LogP contribution in [0.4, 0.5) is 32.0 Å². The first-order chi connectivity index (χ1) is 14.7. The molecule has 3 aromatic rings. The number of nitrogens with zero attached hydrogens (tertiary/aromatic N) is 1. The Bertz CT molecular complexity index is 1140. The number of nitrogens with two attached hydrogens (primary N) is 2. The van der Waals surface area contributed by atoms with Gasteiger partial charge in [0.1, 0.15) is 4.99 Å². The number of benzene rings is 2.